The van der Waals surface area contributed by atoms with Gasteiger partial charge in [-0.1, -0.05) is 24.4 Å². The highest BCUT2D eigenvalue weighted by molar-refractivity contribution is 7.80. The van der Waals surface area contributed by atoms with Crippen molar-refractivity contribution >= 4 is 17.2 Å². The fourth-order valence-electron chi connectivity index (χ4n) is 1.37. The molecule has 0 amide bonds. The predicted molar refractivity (Wildman–Crippen MR) is 75.1 cm³/mol. The lowest BCUT2D eigenvalue weighted by Gasteiger charge is -2.10. The molecule has 0 atom stereocenters. The minimum atomic E-state index is 0.336. The van der Waals surface area contributed by atoms with Crippen molar-refractivity contribution in [3.8, 4) is 5.75 Å². The van der Waals surface area contributed by atoms with Crippen molar-refractivity contribution < 1.29 is 14.2 Å². The van der Waals surface area contributed by atoms with Gasteiger partial charge in [0.25, 0.3) is 0 Å². The minimum Gasteiger partial charge on any atom is -0.490 e. The molecule has 0 radical (unpaired) electrons. The highest BCUT2D eigenvalue weighted by Crippen LogP contribution is 2.17. The number of ether oxygens (including phenoxy) is 3. The summed E-state index contributed by atoms with van der Waals surface area (Å²) in [4.78, 5) is 0.336. The minimum absolute atomic E-state index is 0.336. The van der Waals surface area contributed by atoms with E-state index in [1.165, 1.54) is 0 Å². The van der Waals surface area contributed by atoms with Crippen LogP contribution in [0.1, 0.15) is 12.5 Å². The van der Waals surface area contributed by atoms with E-state index in [1.54, 1.807) is 0 Å². The van der Waals surface area contributed by atoms with E-state index in [0.717, 1.165) is 5.56 Å². The van der Waals surface area contributed by atoms with Gasteiger partial charge in [0, 0.05) is 6.61 Å². The molecule has 0 unspecified atom stereocenters. The number of nitrogens with two attached hydrogens (primary N) is 1. The molecule has 2 N–H and O–H groups in total. The number of hydrogen-bond acceptors (Lipinski definition) is 4. The molecule has 0 bridgehead atoms. The Kier molecular flexibility index (Phi) is 7.32. The van der Waals surface area contributed by atoms with Crippen LogP contribution in [-0.4, -0.2) is 38.0 Å². The Morgan fingerprint density at radius 2 is 1.78 bits per heavy atom. The molecule has 0 saturated carbocycles. The summed E-state index contributed by atoms with van der Waals surface area (Å²) in [5, 5.41) is 0. The van der Waals surface area contributed by atoms with Gasteiger partial charge in [-0.05, 0) is 19.1 Å². The van der Waals surface area contributed by atoms with Crippen molar-refractivity contribution in [1.82, 2.24) is 0 Å². The molecule has 1 aromatic rings. The Morgan fingerprint density at radius 3 is 2.50 bits per heavy atom. The molecule has 0 aliphatic rings. The van der Waals surface area contributed by atoms with Crippen LogP contribution in [0.2, 0.25) is 0 Å². The Morgan fingerprint density at radius 1 is 1.11 bits per heavy atom. The predicted octanol–water partition coefficient (Wildman–Crippen LogP) is 1.75. The van der Waals surface area contributed by atoms with Crippen molar-refractivity contribution in [1.29, 1.82) is 0 Å². The standard InChI is InChI=1S/C13H19NO3S/c1-2-15-7-8-16-9-10-17-12-6-4-3-5-11(12)13(14)18/h3-6H,2,7-10H2,1H3,(H2,14,18). The summed E-state index contributed by atoms with van der Waals surface area (Å²) in [6.45, 7) is 4.83. The molecule has 100 valence electrons. The maximum Gasteiger partial charge on any atom is 0.129 e. The molecule has 1 rings (SSSR count). The lowest BCUT2D eigenvalue weighted by atomic mass is 10.2. The third-order valence-electron chi connectivity index (χ3n) is 2.21. The van der Waals surface area contributed by atoms with Crippen LogP contribution in [0.3, 0.4) is 0 Å². The molecular formula is C13H19NO3S. The van der Waals surface area contributed by atoms with Crippen LogP contribution < -0.4 is 10.5 Å². The number of thiocarbonyl (C=S) groups is 1. The third kappa shape index (κ3) is 5.44. The van der Waals surface area contributed by atoms with E-state index in [-0.39, 0.29) is 0 Å². The topological polar surface area (TPSA) is 53.7 Å². The van der Waals surface area contributed by atoms with E-state index in [1.807, 2.05) is 31.2 Å². The van der Waals surface area contributed by atoms with Gasteiger partial charge in [-0.25, -0.2) is 0 Å². The average molecular weight is 269 g/mol. The summed E-state index contributed by atoms with van der Waals surface area (Å²) in [6.07, 6.45) is 0. The van der Waals surface area contributed by atoms with Crippen molar-refractivity contribution in [2.75, 3.05) is 33.0 Å². The Hall–Kier alpha value is -1.17. The summed E-state index contributed by atoms with van der Waals surface area (Å²) in [5.74, 6) is 0.693. The summed E-state index contributed by atoms with van der Waals surface area (Å²) in [7, 11) is 0. The first-order valence-electron chi connectivity index (χ1n) is 5.92. The van der Waals surface area contributed by atoms with Gasteiger partial charge in [-0.2, -0.15) is 0 Å². The quantitative estimate of drug-likeness (QED) is 0.547. The Bertz CT molecular complexity index is 371. The second kappa shape index (κ2) is 8.85. The summed E-state index contributed by atoms with van der Waals surface area (Å²) in [6, 6.07) is 7.44. The van der Waals surface area contributed by atoms with Crippen LogP contribution in [0, 0.1) is 0 Å². The normalized spacial score (nSPS) is 10.3. The van der Waals surface area contributed by atoms with Gasteiger partial charge in [-0.15, -0.1) is 0 Å². The molecule has 0 heterocycles. The van der Waals surface area contributed by atoms with E-state index in [9.17, 15) is 0 Å². The van der Waals surface area contributed by atoms with Gasteiger partial charge in [0.05, 0.1) is 25.4 Å². The summed E-state index contributed by atoms with van der Waals surface area (Å²) < 4.78 is 16.1. The molecule has 0 aliphatic heterocycles. The number of benzene rings is 1. The SMILES string of the molecule is CCOCCOCCOc1ccccc1C(N)=S. The molecule has 0 saturated heterocycles. The van der Waals surface area contributed by atoms with Crippen LogP contribution >= 0.6 is 12.2 Å². The maximum absolute atomic E-state index is 5.60. The third-order valence-corrected chi connectivity index (χ3v) is 2.43. The molecular weight excluding hydrogens is 250 g/mol. The zero-order valence-electron chi connectivity index (χ0n) is 10.6. The molecule has 0 spiro atoms. The lowest BCUT2D eigenvalue weighted by molar-refractivity contribution is 0.0404. The molecule has 0 aromatic heterocycles. The number of rotatable bonds is 9. The highest BCUT2D eigenvalue weighted by Gasteiger charge is 2.04. The second-order valence-electron chi connectivity index (χ2n) is 3.52. The smallest absolute Gasteiger partial charge is 0.129 e. The molecule has 0 fully saturated rings. The van der Waals surface area contributed by atoms with E-state index in [0.29, 0.717) is 43.8 Å². The van der Waals surface area contributed by atoms with Crippen LogP contribution in [0.15, 0.2) is 24.3 Å². The molecule has 0 aliphatic carbocycles. The van der Waals surface area contributed by atoms with Gasteiger partial charge in [0.1, 0.15) is 17.3 Å². The summed E-state index contributed by atoms with van der Waals surface area (Å²) in [5.41, 5.74) is 6.36. The first kappa shape index (κ1) is 14.9. The monoisotopic (exact) mass is 269 g/mol. The molecule has 4 nitrogen and oxygen atoms in total. The summed E-state index contributed by atoms with van der Waals surface area (Å²) >= 11 is 4.95. The largest absolute Gasteiger partial charge is 0.490 e. The Balaban J connectivity index is 2.25. The molecule has 5 heteroatoms. The van der Waals surface area contributed by atoms with Crippen LogP contribution in [0.5, 0.6) is 5.75 Å². The fraction of sp³-hybridized carbons (Fsp3) is 0.462. The van der Waals surface area contributed by atoms with Gasteiger partial charge in [0.15, 0.2) is 0 Å². The average Bonchev–Trinajstić information content (AvgIpc) is 2.38. The van der Waals surface area contributed by atoms with Gasteiger partial charge >= 0.3 is 0 Å². The maximum atomic E-state index is 5.60. The van der Waals surface area contributed by atoms with E-state index < -0.39 is 0 Å². The number of para-hydroxylation sites is 1. The van der Waals surface area contributed by atoms with Crippen molar-refractivity contribution in [3.05, 3.63) is 29.8 Å². The molecule has 1 aromatic carbocycles. The van der Waals surface area contributed by atoms with Gasteiger partial charge in [0.2, 0.25) is 0 Å². The van der Waals surface area contributed by atoms with Crippen LogP contribution in [0.25, 0.3) is 0 Å². The van der Waals surface area contributed by atoms with E-state index >= 15 is 0 Å². The van der Waals surface area contributed by atoms with Crippen molar-refractivity contribution in [2.24, 2.45) is 5.73 Å². The second-order valence-corrected chi connectivity index (χ2v) is 3.96. The van der Waals surface area contributed by atoms with Crippen molar-refractivity contribution in [2.45, 2.75) is 6.92 Å². The highest BCUT2D eigenvalue weighted by atomic mass is 32.1. The molecule has 18 heavy (non-hydrogen) atoms. The van der Waals surface area contributed by atoms with E-state index in [2.05, 4.69) is 0 Å². The first-order valence-corrected chi connectivity index (χ1v) is 6.33. The van der Waals surface area contributed by atoms with Crippen LogP contribution in [-0.2, 0) is 9.47 Å². The number of hydrogen-bond donors (Lipinski definition) is 1. The zero-order valence-corrected chi connectivity index (χ0v) is 11.4. The van der Waals surface area contributed by atoms with Gasteiger partial charge < -0.3 is 19.9 Å². The van der Waals surface area contributed by atoms with E-state index in [4.69, 9.17) is 32.2 Å². The Labute approximate surface area is 113 Å². The van der Waals surface area contributed by atoms with Gasteiger partial charge in [-0.3, -0.25) is 0 Å². The van der Waals surface area contributed by atoms with Crippen LogP contribution in [0.4, 0.5) is 0 Å². The fourth-order valence-corrected chi connectivity index (χ4v) is 1.54. The van der Waals surface area contributed by atoms with Crippen molar-refractivity contribution in [3.63, 3.8) is 0 Å². The lowest BCUT2D eigenvalue weighted by Crippen LogP contribution is -2.14. The zero-order chi connectivity index (χ0) is 13.2. The first-order chi connectivity index (χ1) is 8.75.